The summed E-state index contributed by atoms with van der Waals surface area (Å²) in [4.78, 5) is 0. The fourth-order valence-electron chi connectivity index (χ4n) is 5.17. The van der Waals surface area contributed by atoms with E-state index in [0.29, 0.717) is 43.3 Å². The fourth-order valence-corrected chi connectivity index (χ4v) is 11.8. The van der Waals surface area contributed by atoms with E-state index in [2.05, 4.69) is 31.9 Å². The normalized spacial score (nSPS) is 11.7. The summed E-state index contributed by atoms with van der Waals surface area (Å²) in [5.41, 5.74) is 0. The average Bonchev–Trinajstić information content (AvgIpc) is 3.07. The molecule has 0 bridgehead atoms. The molecule has 0 atom stereocenters. The van der Waals surface area contributed by atoms with Crippen molar-refractivity contribution in [2.45, 2.75) is 0 Å². The molecule has 0 aromatic heterocycles. The summed E-state index contributed by atoms with van der Waals surface area (Å²) in [6.07, 6.45) is 0. The number of hydrogen-bond acceptors (Lipinski definition) is 3. The van der Waals surface area contributed by atoms with E-state index in [1.165, 1.54) is 0 Å². The molecule has 0 unspecified atom stereocenters. The van der Waals surface area contributed by atoms with E-state index in [1.54, 1.807) is 0 Å². The minimum atomic E-state index is -3.39. The Morgan fingerprint density at radius 1 is 0.395 bits per heavy atom. The number of ether oxygens (including phenoxy) is 1. The third-order valence-electron chi connectivity index (χ3n) is 7.22. The lowest BCUT2D eigenvalue weighted by Gasteiger charge is -2.25. The molecule has 3 nitrogen and oxygen atoms in total. The lowest BCUT2D eigenvalue weighted by molar-refractivity contribution is 0.489. The minimum absolute atomic E-state index is 0.426. The van der Waals surface area contributed by atoms with Crippen LogP contribution in [0.3, 0.4) is 0 Å². The van der Waals surface area contributed by atoms with Crippen LogP contribution >= 0.6 is 46.1 Å². The largest absolute Gasteiger partial charge is 0.456 e. The van der Waals surface area contributed by atoms with Crippen LogP contribution in [0.15, 0.2) is 167 Å². The van der Waals surface area contributed by atoms with Gasteiger partial charge in [-0.15, -0.1) is 0 Å². The Labute approximate surface area is 268 Å². The summed E-state index contributed by atoms with van der Waals surface area (Å²) < 4.78 is 39.1. The molecule has 0 aliphatic heterocycles. The van der Waals surface area contributed by atoms with Crippen molar-refractivity contribution in [3.63, 3.8) is 0 Å². The number of halogens is 2. The molecule has 6 aromatic rings. The Morgan fingerprint density at radius 3 is 0.953 bits per heavy atom. The Bertz CT molecular complexity index is 1740. The number of hydrogen-bond donors (Lipinski definition) is 0. The second-order valence-corrected chi connectivity index (χ2v) is 17.2. The topological polar surface area (TPSA) is 43.4 Å². The van der Waals surface area contributed by atoms with Crippen molar-refractivity contribution >= 4 is 78.0 Å². The molecule has 0 saturated heterocycles. The summed E-state index contributed by atoms with van der Waals surface area (Å²) in [5.74, 6) is 0.853. The lowest BCUT2D eigenvalue weighted by atomic mass is 10.3. The zero-order chi connectivity index (χ0) is 29.9. The summed E-state index contributed by atoms with van der Waals surface area (Å²) >= 11 is 7.22. The molecule has 43 heavy (non-hydrogen) atoms. The van der Waals surface area contributed by atoms with Crippen LogP contribution in [0.5, 0.6) is 11.5 Å². The van der Waals surface area contributed by atoms with Crippen LogP contribution in [-0.2, 0) is 9.13 Å². The molecule has 212 valence electrons. The van der Waals surface area contributed by atoms with Gasteiger partial charge in [0.05, 0.1) is 10.6 Å². The van der Waals surface area contributed by atoms with Crippen molar-refractivity contribution in [2.24, 2.45) is 0 Å². The molecule has 7 heteroatoms. The molecule has 0 amide bonds. The third-order valence-corrected chi connectivity index (χ3v) is 14.4. The van der Waals surface area contributed by atoms with E-state index in [1.807, 2.05) is 158 Å². The minimum Gasteiger partial charge on any atom is -0.456 e. The average molecular weight is 728 g/mol. The zero-order valence-corrected chi connectivity index (χ0v) is 27.8. The Hall–Kier alpha value is -3.46. The van der Waals surface area contributed by atoms with E-state index < -0.39 is 14.3 Å². The van der Waals surface area contributed by atoms with E-state index in [9.17, 15) is 0 Å². The Balaban J connectivity index is 1.58. The van der Waals surface area contributed by atoms with Crippen molar-refractivity contribution in [3.05, 3.63) is 167 Å². The first-order chi connectivity index (χ1) is 20.9. The van der Waals surface area contributed by atoms with Crippen molar-refractivity contribution < 1.29 is 13.9 Å². The maximum atomic E-state index is 15.4. The van der Waals surface area contributed by atoms with Gasteiger partial charge in [-0.2, -0.15) is 0 Å². The van der Waals surface area contributed by atoms with Gasteiger partial charge in [0, 0.05) is 30.2 Å². The summed E-state index contributed by atoms with van der Waals surface area (Å²) in [7, 11) is -6.79. The van der Waals surface area contributed by atoms with Crippen LogP contribution in [0.4, 0.5) is 0 Å². The van der Waals surface area contributed by atoms with Gasteiger partial charge in [0.1, 0.15) is 11.5 Å². The molecule has 0 aliphatic carbocycles. The molecule has 0 heterocycles. The first kappa shape index (κ1) is 29.6. The zero-order valence-electron chi connectivity index (χ0n) is 22.9. The van der Waals surface area contributed by atoms with E-state index >= 15 is 9.13 Å². The highest BCUT2D eigenvalue weighted by Crippen LogP contribution is 2.49. The van der Waals surface area contributed by atoms with E-state index in [0.717, 1.165) is 8.95 Å². The monoisotopic (exact) mass is 726 g/mol. The second kappa shape index (κ2) is 12.6. The Kier molecular flexibility index (Phi) is 8.71. The quantitative estimate of drug-likeness (QED) is 0.148. The molecule has 6 aromatic carbocycles. The summed E-state index contributed by atoms with van der Waals surface area (Å²) in [6.45, 7) is 0. The maximum Gasteiger partial charge on any atom is 0.174 e. The number of benzene rings is 6. The molecule has 0 aliphatic rings. The maximum absolute atomic E-state index is 15.4. The highest BCUT2D eigenvalue weighted by molar-refractivity contribution is 9.10. The van der Waals surface area contributed by atoms with Gasteiger partial charge in [-0.05, 0) is 36.4 Å². The van der Waals surface area contributed by atoms with Crippen molar-refractivity contribution in [3.8, 4) is 11.5 Å². The molecule has 0 radical (unpaired) electrons. The highest BCUT2D eigenvalue weighted by atomic mass is 79.9. The van der Waals surface area contributed by atoms with Gasteiger partial charge in [-0.1, -0.05) is 153 Å². The highest BCUT2D eigenvalue weighted by Gasteiger charge is 2.36. The lowest BCUT2D eigenvalue weighted by Crippen LogP contribution is -2.28. The molecule has 0 spiro atoms. The van der Waals surface area contributed by atoms with Gasteiger partial charge >= 0.3 is 0 Å². The molecular formula is C36H26Br2O3P2. The van der Waals surface area contributed by atoms with Crippen LogP contribution in [-0.4, -0.2) is 0 Å². The molecule has 0 fully saturated rings. The third kappa shape index (κ3) is 5.76. The van der Waals surface area contributed by atoms with Crippen molar-refractivity contribution in [2.75, 3.05) is 0 Å². The Morgan fingerprint density at radius 2 is 0.674 bits per heavy atom. The van der Waals surface area contributed by atoms with Crippen molar-refractivity contribution in [1.29, 1.82) is 0 Å². The predicted octanol–water partition coefficient (Wildman–Crippen LogP) is 8.28. The predicted molar refractivity (Wildman–Crippen MR) is 187 cm³/mol. The summed E-state index contributed by atoms with van der Waals surface area (Å²) in [6, 6.07) is 49.0. The number of rotatable bonds is 8. The fraction of sp³-hybridized carbons (Fsp3) is 0. The smallest absolute Gasteiger partial charge is 0.174 e. The first-order valence-corrected chi connectivity index (χ1v) is 18.6. The molecule has 0 N–H and O–H groups in total. The first-order valence-electron chi connectivity index (χ1n) is 13.6. The van der Waals surface area contributed by atoms with Crippen LogP contribution in [0.2, 0.25) is 0 Å². The van der Waals surface area contributed by atoms with Crippen molar-refractivity contribution in [1.82, 2.24) is 0 Å². The van der Waals surface area contributed by atoms with Crippen LogP contribution in [0.1, 0.15) is 0 Å². The van der Waals surface area contributed by atoms with Gasteiger partial charge in [0.15, 0.2) is 14.3 Å². The van der Waals surface area contributed by atoms with E-state index in [4.69, 9.17) is 4.74 Å². The van der Waals surface area contributed by atoms with E-state index in [-0.39, 0.29) is 0 Å². The standard InChI is InChI=1S/C36H26Br2O3P2/c37-27-21-23-33(35(25-27)42(39,29-13-5-1-6-14-29)30-15-7-2-8-16-30)41-34-24-22-28(38)26-36(34)43(40,31-17-9-3-10-18-31)32-19-11-4-12-20-32/h1-26H. The molecular weight excluding hydrogens is 702 g/mol. The SMILES string of the molecule is O=P(c1ccccc1)(c1ccccc1)c1cc(Br)ccc1Oc1ccc(Br)cc1P(=O)(c1ccccc1)c1ccccc1. The summed E-state index contributed by atoms with van der Waals surface area (Å²) in [5, 5.41) is 3.86. The molecule has 6 rings (SSSR count). The van der Waals surface area contributed by atoms with Gasteiger partial charge in [0.2, 0.25) is 0 Å². The van der Waals surface area contributed by atoms with Gasteiger partial charge < -0.3 is 13.9 Å². The van der Waals surface area contributed by atoms with Gasteiger partial charge in [-0.25, -0.2) is 0 Å². The second-order valence-electron chi connectivity index (χ2n) is 9.89. The van der Waals surface area contributed by atoms with Gasteiger partial charge in [-0.3, -0.25) is 0 Å². The van der Waals surface area contributed by atoms with Gasteiger partial charge in [0.25, 0.3) is 0 Å². The van der Waals surface area contributed by atoms with Crippen LogP contribution in [0, 0.1) is 0 Å². The molecule has 0 saturated carbocycles. The van der Waals surface area contributed by atoms with Crippen LogP contribution < -0.4 is 36.6 Å². The van der Waals surface area contributed by atoms with Crippen LogP contribution in [0.25, 0.3) is 0 Å².